The number of halogens is 1. The lowest BCUT2D eigenvalue weighted by Crippen LogP contribution is -2.43. The van der Waals surface area contributed by atoms with Crippen molar-refractivity contribution in [3.63, 3.8) is 0 Å². The fourth-order valence-corrected chi connectivity index (χ4v) is 1.54. The number of anilines is 1. The molecule has 0 unspecified atom stereocenters. The molecule has 4 heteroatoms. The lowest BCUT2D eigenvalue weighted by molar-refractivity contribution is 0.539. The minimum atomic E-state index is -0.0978. The van der Waals surface area contributed by atoms with Crippen molar-refractivity contribution in [2.75, 3.05) is 17.8 Å². The van der Waals surface area contributed by atoms with Gasteiger partial charge >= 0.3 is 0 Å². The Labute approximate surface area is 103 Å². The maximum Gasteiger partial charge on any atom is 0.132 e. The maximum atomic E-state index is 5.95. The van der Waals surface area contributed by atoms with Gasteiger partial charge in [-0.25, -0.2) is 9.97 Å². The Morgan fingerprint density at radius 1 is 1.38 bits per heavy atom. The first-order valence-electron chi connectivity index (χ1n) is 5.62. The van der Waals surface area contributed by atoms with Crippen LogP contribution in [0.5, 0.6) is 0 Å². The van der Waals surface area contributed by atoms with Gasteiger partial charge in [-0.3, -0.25) is 0 Å². The van der Waals surface area contributed by atoms with Crippen LogP contribution in [0.15, 0.2) is 12.4 Å². The Balaban J connectivity index is 2.91. The average molecular weight is 242 g/mol. The molecule has 3 nitrogen and oxygen atoms in total. The van der Waals surface area contributed by atoms with Crippen LogP contribution in [-0.4, -0.2) is 28.4 Å². The highest BCUT2D eigenvalue weighted by molar-refractivity contribution is 6.18. The fraction of sp³-hybridized carbons (Fsp3) is 0.667. The van der Waals surface area contributed by atoms with Gasteiger partial charge in [0.2, 0.25) is 0 Å². The molecule has 1 aromatic heterocycles. The molecule has 0 N–H and O–H groups in total. The van der Waals surface area contributed by atoms with Crippen molar-refractivity contribution in [2.45, 2.75) is 39.2 Å². The van der Waals surface area contributed by atoms with E-state index in [-0.39, 0.29) is 5.54 Å². The highest BCUT2D eigenvalue weighted by Crippen LogP contribution is 2.21. The van der Waals surface area contributed by atoms with Gasteiger partial charge in [0.1, 0.15) is 12.1 Å². The van der Waals surface area contributed by atoms with E-state index in [1.165, 1.54) is 0 Å². The summed E-state index contributed by atoms with van der Waals surface area (Å²) in [5.41, 5.74) is 0.990. The van der Waals surface area contributed by atoms with Crippen molar-refractivity contribution in [3.8, 4) is 0 Å². The third-order valence-electron chi connectivity index (χ3n) is 2.79. The SMILES string of the molecule is CCCc1cc(N(C)C(C)(C)CCl)ncn1. The van der Waals surface area contributed by atoms with Crippen LogP contribution in [0.1, 0.15) is 32.9 Å². The normalized spacial score (nSPS) is 11.6. The first-order chi connectivity index (χ1) is 7.51. The molecule has 0 atom stereocenters. The molecule has 0 aliphatic heterocycles. The zero-order chi connectivity index (χ0) is 12.2. The number of aryl methyl sites for hydroxylation is 1. The molecule has 90 valence electrons. The van der Waals surface area contributed by atoms with Gasteiger partial charge in [0.05, 0.1) is 0 Å². The molecule has 0 saturated carbocycles. The molecule has 1 aromatic rings. The first kappa shape index (κ1) is 13.2. The van der Waals surface area contributed by atoms with Crippen molar-refractivity contribution in [2.24, 2.45) is 0 Å². The largest absolute Gasteiger partial charge is 0.353 e. The summed E-state index contributed by atoms with van der Waals surface area (Å²) in [4.78, 5) is 10.6. The van der Waals surface area contributed by atoms with E-state index in [4.69, 9.17) is 11.6 Å². The summed E-state index contributed by atoms with van der Waals surface area (Å²) < 4.78 is 0. The fourth-order valence-electron chi connectivity index (χ4n) is 1.36. The van der Waals surface area contributed by atoms with Crippen molar-refractivity contribution >= 4 is 17.4 Å². The molecule has 16 heavy (non-hydrogen) atoms. The molecule has 0 saturated heterocycles. The molecule has 0 fully saturated rings. The zero-order valence-electron chi connectivity index (χ0n) is 10.5. The molecule has 0 aliphatic carbocycles. The van der Waals surface area contributed by atoms with E-state index in [0.717, 1.165) is 24.4 Å². The number of alkyl halides is 1. The van der Waals surface area contributed by atoms with E-state index in [9.17, 15) is 0 Å². The second-order valence-corrected chi connectivity index (χ2v) is 4.89. The second kappa shape index (κ2) is 5.48. The summed E-state index contributed by atoms with van der Waals surface area (Å²) in [7, 11) is 2.01. The van der Waals surface area contributed by atoms with E-state index < -0.39 is 0 Å². The maximum absolute atomic E-state index is 5.95. The quantitative estimate of drug-likeness (QED) is 0.743. The van der Waals surface area contributed by atoms with Gasteiger partial charge < -0.3 is 4.90 Å². The number of rotatable bonds is 5. The molecule has 1 rings (SSSR count). The van der Waals surface area contributed by atoms with E-state index in [1.54, 1.807) is 6.33 Å². The van der Waals surface area contributed by atoms with E-state index in [2.05, 4.69) is 35.6 Å². The van der Waals surface area contributed by atoms with Gasteiger partial charge in [-0.05, 0) is 20.3 Å². The highest BCUT2D eigenvalue weighted by Gasteiger charge is 2.23. The summed E-state index contributed by atoms with van der Waals surface area (Å²) in [5, 5.41) is 0. The summed E-state index contributed by atoms with van der Waals surface area (Å²) in [6.07, 6.45) is 3.71. The molecular formula is C12H20ClN3. The molecule has 0 bridgehead atoms. The molecule has 0 spiro atoms. The third kappa shape index (κ3) is 3.08. The minimum Gasteiger partial charge on any atom is -0.353 e. The summed E-state index contributed by atoms with van der Waals surface area (Å²) in [6.45, 7) is 6.34. The van der Waals surface area contributed by atoms with E-state index >= 15 is 0 Å². The number of hydrogen-bond donors (Lipinski definition) is 0. The molecule has 1 heterocycles. The van der Waals surface area contributed by atoms with Gasteiger partial charge in [-0.1, -0.05) is 13.3 Å². The molecule has 0 aliphatic rings. The standard InChI is InChI=1S/C12H20ClN3/c1-5-6-10-7-11(15-9-14-10)16(4)12(2,3)8-13/h7,9H,5-6,8H2,1-4H3. The summed E-state index contributed by atoms with van der Waals surface area (Å²) in [5.74, 6) is 1.50. The van der Waals surface area contributed by atoms with Crippen LogP contribution in [-0.2, 0) is 6.42 Å². The summed E-state index contributed by atoms with van der Waals surface area (Å²) >= 11 is 5.95. The lowest BCUT2D eigenvalue weighted by atomic mass is 10.1. The Kier molecular flexibility index (Phi) is 4.54. The van der Waals surface area contributed by atoms with Crippen LogP contribution in [0.2, 0.25) is 0 Å². The first-order valence-corrected chi connectivity index (χ1v) is 6.15. The van der Waals surface area contributed by atoms with Crippen molar-refractivity contribution < 1.29 is 0 Å². The predicted octanol–water partition coefficient (Wildman–Crippen LogP) is 2.88. The molecular weight excluding hydrogens is 222 g/mol. The van der Waals surface area contributed by atoms with Crippen LogP contribution >= 0.6 is 11.6 Å². The minimum absolute atomic E-state index is 0.0978. The zero-order valence-corrected chi connectivity index (χ0v) is 11.3. The highest BCUT2D eigenvalue weighted by atomic mass is 35.5. The van der Waals surface area contributed by atoms with Gasteiger partial charge in [0, 0.05) is 30.2 Å². The van der Waals surface area contributed by atoms with Crippen LogP contribution < -0.4 is 4.90 Å². The number of aromatic nitrogens is 2. The second-order valence-electron chi connectivity index (χ2n) is 4.62. The van der Waals surface area contributed by atoms with Gasteiger partial charge in [-0.2, -0.15) is 0 Å². The Bertz CT molecular complexity index is 339. The topological polar surface area (TPSA) is 29.0 Å². The van der Waals surface area contributed by atoms with Gasteiger partial charge in [-0.15, -0.1) is 11.6 Å². The van der Waals surface area contributed by atoms with E-state index in [1.807, 2.05) is 13.1 Å². The Morgan fingerprint density at radius 2 is 2.06 bits per heavy atom. The van der Waals surface area contributed by atoms with Crippen LogP contribution in [0.25, 0.3) is 0 Å². The molecule has 0 radical (unpaired) electrons. The third-order valence-corrected chi connectivity index (χ3v) is 3.45. The molecule has 0 amide bonds. The lowest BCUT2D eigenvalue weighted by Gasteiger charge is -2.34. The van der Waals surface area contributed by atoms with E-state index in [0.29, 0.717) is 5.88 Å². The summed E-state index contributed by atoms with van der Waals surface area (Å²) in [6, 6.07) is 2.04. The number of hydrogen-bond acceptors (Lipinski definition) is 3. The van der Waals surface area contributed by atoms with Crippen LogP contribution in [0, 0.1) is 0 Å². The van der Waals surface area contributed by atoms with Crippen molar-refractivity contribution in [1.82, 2.24) is 9.97 Å². The number of nitrogens with zero attached hydrogens (tertiary/aromatic N) is 3. The van der Waals surface area contributed by atoms with Gasteiger partial charge in [0.25, 0.3) is 0 Å². The Morgan fingerprint density at radius 3 is 2.62 bits per heavy atom. The monoisotopic (exact) mass is 241 g/mol. The smallest absolute Gasteiger partial charge is 0.132 e. The average Bonchev–Trinajstić information content (AvgIpc) is 2.29. The Hall–Kier alpha value is -0.830. The van der Waals surface area contributed by atoms with Crippen LogP contribution in [0.4, 0.5) is 5.82 Å². The van der Waals surface area contributed by atoms with Crippen molar-refractivity contribution in [1.29, 1.82) is 0 Å². The van der Waals surface area contributed by atoms with Crippen LogP contribution in [0.3, 0.4) is 0 Å². The van der Waals surface area contributed by atoms with Gasteiger partial charge in [0.15, 0.2) is 0 Å². The molecule has 0 aromatic carbocycles. The predicted molar refractivity (Wildman–Crippen MR) is 69.2 cm³/mol. The van der Waals surface area contributed by atoms with Crippen molar-refractivity contribution in [3.05, 3.63) is 18.1 Å².